The number of aromatic nitrogens is 1. The number of nitrogens with one attached hydrogen (secondary N) is 1. The van der Waals surface area contributed by atoms with Gasteiger partial charge in [-0.25, -0.2) is 4.39 Å². The zero-order valence-electron chi connectivity index (χ0n) is 13.8. The molecule has 1 aromatic carbocycles. The number of rotatable bonds is 4. The number of carbonyl (C=O) groups is 2. The fraction of sp³-hybridized carbons (Fsp3) is 0.316. The molecular formula is C19H20FN3O2. The number of hydrogen-bond donors (Lipinski definition) is 1. The van der Waals surface area contributed by atoms with Crippen LogP contribution < -0.4 is 5.32 Å². The van der Waals surface area contributed by atoms with Crippen molar-refractivity contribution in [1.82, 2.24) is 15.2 Å². The van der Waals surface area contributed by atoms with Crippen LogP contribution in [0, 0.1) is 11.7 Å². The van der Waals surface area contributed by atoms with E-state index >= 15 is 0 Å². The van der Waals surface area contributed by atoms with Crippen molar-refractivity contribution in [3.8, 4) is 0 Å². The van der Waals surface area contributed by atoms with E-state index in [9.17, 15) is 14.0 Å². The minimum Gasteiger partial charge on any atom is -0.350 e. The molecule has 1 fully saturated rings. The second-order valence-electron chi connectivity index (χ2n) is 6.14. The topological polar surface area (TPSA) is 62.3 Å². The summed E-state index contributed by atoms with van der Waals surface area (Å²) in [6.07, 6.45) is 3.21. The summed E-state index contributed by atoms with van der Waals surface area (Å²) in [5, 5.41) is 2.89. The van der Waals surface area contributed by atoms with Gasteiger partial charge in [-0.05, 0) is 49.2 Å². The third kappa shape index (κ3) is 4.41. The second-order valence-corrected chi connectivity index (χ2v) is 6.14. The molecule has 0 saturated carbocycles. The summed E-state index contributed by atoms with van der Waals surface area (Å²) in [5.41, 5.74) is 1.24. The summed E-state index contributed by atoms with van der Waals surface area (Å²) < 4.78 is 13.0. The molecule has 1 saturated heterocycles. The number of carbonyl (C=O) groups excluding carboxylic acids is 2. The second kappa shape index (κ2) is 7.88. The first-order valence-corrected chi connectivity index (χ1v) is 8.36. The Morgan fingerprint density at radius 3 is 2.72 bits per heavy atom. The summed E-state index contributed by atoms with van der Waals surface area (Å²) in [6, 6.07) is 11.0. The lowest BCUT2D eigenvalue weighted by molar-refractivity contribution is -0.126. The maximum absolute atomic E-state index is 13.0. The maximum Gasteiger partial charge on any atom is 0.253 e. The Balaban J connectivity index is 1.57. The highest BCUT2D eigenvalue weighted by molar-refractivity contribution is 5.94. The van der Waals surface area contributed by atoms with E-state index in [1.165, 1.54) is 24.3 Å². The highest BCUT2D eigenvalue weighted by Gasteiger charge is 2.28. The Hall–Kier alpha value is -2.76. The fourth-order valence-electron chi connectivity index (χ4n) is 2.98. The van der Waals surface area contributed by atoms with E-state index in [2.05, 4.69) is 10.3 Å². The van der Waals surface area contributed by atoms with Crippen LogP contribution in [-0.2, 0) is 11.3 Å². The fourth-order valence-corrected chi connectivity index (χ4v) is 2.98. The van der Waals surface area contributed by atoms with Crippen molar-refractivity contribution >= 4 is 11.8 Å². The predicted octanol–water partition coefficient (Wildman–Crippen LogP) is 2.39. The molecule has 1 atom stereocenters. The van der Waals surface area contributed by atoms with Crippen molar-refractivity contribution in [3.63, 3.8) is 0 Å². The summed E-state index contributed by atoms with van der Waals surface area (Å²) >= 11 is 0. The molecule has 0 radical (unpaired) electrons. The molecule has 5 nitrogen and oxygen atoms in total. The van der Waals surface area contributed by atoms with E-state index in [0.717, 1.165) is 18.5 Å². The molecular weight excluding hydrogens is 321 g/mol. The molecule has 1 unspecified atom stereocenters. The van der Waals surface area contributed by atoms with Gasteiger partial charge in [-0.2, -0.15) is 0 Å². The third-order valence-corrected chi connectivity index (χ3v) is 4.34. The Labute approximate surface area is 145 Å². The number of likely N-dealkylation sites (tertiary alicyclic amines) is 1. The van der Waals surface area contributed by atoms with E-state index in [1.54, 1.807) is 11.1 Å². The van der Waals surface area contributed by atoms with Gasteiger partial charge in [0.1, 0.15) is 5.82 Å². The molecule has 1 aliphatic rings. The van der Waals surface area contributed by atoms with Gasteiger partial charge in [-0.3, -0.25) is 14.6 Å². The highest BCUT2D eigenvalue weighted by atomic mass is 19.1. The molecule has 2 amide bonds. The number of nitrogens with zero attached hydrogens (tertiary/aromatic N) is 2. The molecule has 1 aromatic heterocycles. The zero-order valence-corrected chi connectivity index (χ0v) is 13.8. The zero-order chi connectivity index (χ0) is 17.6. The van der Waals surface area contributed by atoms with Crippen LogP contribution in [0.5, 0.6) is 0 Å². The number of amides is 2. The Morgan fingerprint density at radius 2 is 2.00 bits per heavy atom. The van der Waals surface area contributed by atoms with E-state index in [4.69, 9.17) is 0 Å². The van der Waals surface area contributed by atoms with E-state index in [1.807, 2.05) is 18.2 Å². The minimum atomic E-state index is -0.373. The van der Waals surface area contributed by atoms with Crippen LogP contribution in [0.25, 0.3) is 0 Å². The number of hydrogen-bond acceptors (Lipinski definition) is 3. The molecule has 130 valence electrons. The maximum atomic E-state index is 13.0. The van der Waals surface area contributed by atoms with Crippen LogP contribution in [0.4, 0.5) is 4.39 Å². The van der Waals surface area contributed by atoms with Crippen molar-refractivity contribution in [2.75, 3.05) is 13.1 Å². The molecule has 1 aliphatic heterocycles. The summed E-state index contributed by atoms with van der Waals surface area (Å²) in [6.45, 7) is 1.37. The van der Waals surface area contributed by atoms with Gasteiger partial charge in [0.15, 0.2) is 0 Å². The first kappa shape index (κ1) is 17.1. The Bertz CT molecular complexity index is 734. The van der Waals surface area contributed by atoms with Crippen molar-refractivity contribution in [2.45, 2.75) is 19.4 Å². The summed E-state index contributed by atoms with van der Waals surface area (Å²) in [7, 11) is 0. The number of halogens is 1. The molecule has 3 rings (SSSR count). The lowest BCUT2D eigenvalue weighted by Gasteiger charge is -2.32. The van der Waals surface area contributed by atoms with Crippen molar-refractivity contribution in [2.24, 2.45) is 5.92 Å². The number of benzene rings is 1. The van der Waals surface area contributed by atoms with Crippen LogP contribution in [0.3, 0.4) is 0 Å². The van der Waals surface area contributed by atoms with Crippen LogP contribution in [0.1, 0.15) is 28.9 Å². The van der Waals surface area contributed by atoms with Gasteiger partial charge in [0.05, 0.1) is 18.2 Å². The first-order valence-electron chi connectivity index (χ1n) is 8.36. The Kier molecular flexibility index (Phi) is 5.38. The lowest BCUT2D eigenvalue weighted by Crippen LogP contribution is -2.45. The van der Waals surface area contributed by atoms with Crippen LogP contribution in [-0.4, -0.2) is 34.8 Å². The average Bonchev–Trinajstić information content (AvgIpc) is 2.67. The molecule has 0 bridgehead atoms. The van der Waals surface area contributed by atoms with Crippen LogP contribution in [0.15, 0.2) is 48.7 Å². The lowest BCUT2D eigenvalue weighted by atomic mass is 9.96. The van der Waals surface area contributed by atoms with Crippen molar-refractivity contribution in [3.05, 3.63) is 65.7 Å². The standard InChI is InChI=1S/C19H20FN3O2/c20-16-8-6-14(7-9-16)19(25)23-11-3-4-15(13-23)18(24)22-12-17-5-1-2-10-21-17/h1-2,5-10,15H,3-4,11-13H2,(H,22,24). The van der Waals surface area contributed by atoms with E-state index < -0.39 is 0 Å². The summed E-state index contributed by atoms with van der Waals surface area (Å²) in [5.74, 6) is -0.840. The Morgan fingerprint density at radius 1 is 1.20 bits per heavy atom. The van der Waals surface area contributed by atoms with Crippen LogP contribution >= 0.6 is 0 Å². The average molecular weight is 341 g/mol. The summed E-state index contributed by atoms with van der Waals surface area (Å²) in [4.78, 5) is 30.8. The van der Waals surface area contributed by atoms with E-state index in [-0.39, 0.29) is 23.5 Å². The predicted molar refractivity (Wildman–Crippen MR) is 91.1 cm³/mol. The highest BCUT2D eigenvalue weighted by Crippen LogP contribution is 2.19. The molecule has 1 N–H and O–H groups in total. The third-order valence-electron chi connectivity index (χ3n) is 4.34. The van der Waals surface area contributed by atoms with Gasteiger partial charge < -0.3 is 10.2 Å². The van der Waals surface area contributed by atoms with Gasteiger partial charge in [-0.15, -0.1) is 0 Å². The SMILES string of the molecule is O=C(NCc1ccccn1)C1CCCN(C(=O)c2ccc(F)cc2)C1. The van der Waals surface area contributed by atoms with Crippen LogP contribution in [0.2, 0.25) is 0 Å². The van der Waals surface area contributed by atoms with Gasteiger partial charge in [0, 0.05) is 24.8 Å². The normalized spacial score (nSPS) is 17.2. The molecule has 2 aromatic rings. The molecule has 0 aliphatic carbocycles. The molecule has 0 spiro atoms. The van der Waals surface area contributed by atoms with Gasteiger partial charge in [0.2, 0.25) is 5.91 Å². The van der Waals surface area contributed by atoms with Gasteiger partial charge in [0.25, 0.3) is 5.91 Å². The minimum absolute atomic E-state index is 0.0674. The number of piperidine rings is 1. The van der Waals surface area contributed by atoms with Gasteiger partial charge >= 0.3 is 0 Å². The first-order chi connectivity index (χ1) is 12.1. The molecule has 2 heterocycles. The molecule has 25 heavy (non-hydrogen) atoms. The largest absolute Gasteiger partial charge is 0.350 e. The monoisotopic (exact) mass is 341 g/mol. The smallest absolute Gasteiger partial charge is 0.253 e. The van der Waals surface area contributed by atoms with E-state index in [0.29, 0.717) is 25.2 Å². The quantitative estimate of drug-likeness (QED) is 0.929. The van der Waals surface area contributed by atoms with Gasteiger partial charge in [-0.1, -0.05) is 6.07 Å². The molecule has 6 heteroatoms. The number of pyridine rings is 1. The van der Waals surface area contributed by atoms with Crippen molar-refractivity contribution < 1.29 is 14.0 Å². The van der Waals surface area contributed by atoms with Crippen molar-refractivity contribution in [1.29, 1.82) is 0 Å².